The molecule has 5 rings (SSSR count). The SMILES string of the molecule is CC(C(=O)Nc1ccc(N2C(=O)c3ccccc3C2=O)cc1)(c1ccccc1)c1ccccc1. The van der Waals surface area contributed by atoms with Crippen LogP contribution in [0.2, 0.25) is 0 Å². The zero-order valence-corrected chi connectivity index (χ0v) is 18.6. The summed E-state index contributed by atoms with van der Waals surface area (Å²) in [6.45, 7) is 1.90. The van der Waals surface area contributed by atoms with E-state index in [4.69, 9.17) is 0 Å². The zero-order valence-electron chi connectivity index (χ0n) is 18.6. The second kappa shape index (κ2) is 8.45. The molecular formula is C29H22N2O3. The van der Waals surface area contributed by atoms with E-state index in [1.807, 2.05) is 67.6 Å². The van der Waals surface area contributed by atoms with Crippen molar-refractivity contribution in [2.75, 3.05) is 10.2 Å². The smallest absolute Gasteiger partial charge is 0.266 e. The molecule has 0 atom stereocenters. The number of rotatable bonds is 5. The summed E-state index contributed by atoms with van der Waals surface area (Å²) < 4.78 is 0. The standard InChI is InChI=1S/C29H22N2O3/c1-29(20-10-4-2-5-11-20,21-12-6-3-7-13-21)28(34)30-22-16-18-23(19-17-22)31-26(32)24-14-8-9-15-25(24)27(31)33/h2-19H,1H3,(H,30,34). The second-order valence-corrected chi connectivity index (χ2v) is 8.35. The molecule has 0 bridgehead atoms. The van der Waals surface area contributed by atoms with Crippen LogP contribution in [0.3, 0.4) is 0 Å². The second-order valence-electron chi connectivity index (χ2n) is 8.35. The molecule has 0 unspecified atom stereocenters. The van der Waals surface area contributed by atoms with Gasteiger partial charge in [0.1, 0.15) is 0 Å². The van der Waals surface area contributed by atoms with Crippen molar-refractivity contribution in [2.24, 2.45) is 0 Å². The lowest BCUT2D eigenvalue weighted by Gasteiger charge is -2.29. The first-order valence-electron chi connectivity index (χ1n) is 11.0. The van der Waals surface area contributed by atoms with Gasteiger partial charge in [-0.2, -0.15) is 0 Å². The van der Waals surface area contributed by atoms with Gasteiger partial charge in [-0.3, -0.25) is 14.4 Å². The van der Waals surface area contributed by atoms with Gasteiger partial charge in [-0.05, 0) is 54.4 Å². The average molecular weight is 447 g/mol. The fourth-order valence-electron chi connectivity index (χ4n) is 4.35. The topological polar surface area (TPSA) is 66.5 Å². The van der Waals surface area contributed by atoms with Gasteiger partial charge in [-0.25, -0.2) is 4.90 Å². The maximum absolute atomic E-state index is 13.6. The molecule has 4 aromatic rings. The Labute approximate surface area is 197 Å². The Morgan fingerprint density at radius 3 is 1.56 bits per heavy atom. The Morgan fingerprint density at radius 1 is 0.647 bits per heavy atom. The van der Waals surface area contributed by atoms with Crippen molar-refractivity contribution in [3.63, 3.8) is 0 Å². The van der Waals surface area contributed by atoms with E-state index >= 15 is 0 Å². The Kier molecular flexibility index (Phi) is 5.30. The van der Waals surface area contributed by atoms with E-state index in [1.54, 1.807) is 48.5 Å². The van der Waals surface area contributed by atoms with Gasteiger partial charge in [-0.1, -0.05) is 72.8 Å². The lowest BCUT2D eigenvalue weighted by Crippen LogP contribution is -2.38. The normalized spacial score (nSPS) is 13.0. The van der Waals surface area contributed by atoms with Gasteiger partial charge in [0.2, 0.25) is 5.91 Å². The van der Waals surface area contributed by atoms with E-state index in [-0.39, 0.29) is 17.7 Å². The Balaban J connectivity index is 1.42. The highest BCUT2D eigenvalue weighted by atomic mass is 16.2. The van der Waals surface area contributed by atoms with Crippen LogP contribution in [0.15, 0.2) is 109 Å². The van der Waals surface area contributed by atoms with Crippen LogP contribution in [0.4, 0.5) is 11.4 Å². The number of nitrogens with one attached hydrogen (secondary N) is 1. The summed E-state index contributed by atoms with van der Waals surface area (Å²) >= 11 is 0. The first-order chi connectivity index (χ1) is 16.5. The molecule has 0 spiro atoms. The molecule has 1 N–H and O–H groups in total. The van der Waals surface area contributed by atoms with Crippen LogP contribution in [-0.2, 0) is 10.2 Å². The molecule has 0 aromatic heterocycles. The number of carbonyl (C=O) groups excluding carboxylic acids is 3. The van der Waals surface area contributed by atoms with Gasteiger partial charge < -0.3 is 5.32 Å². The molecule has 0 radical (unpaired) electrons. The molecule has 3 amide bonds. The molecule has 1 heterocycles. The lowest BCUT2D eigenvalue weighted by atomic mass is 9.75. The quantitative estimate of drug-likeness (QED) is 0.416. The van der Waals surface area contributed by atoms with E-state index in [2.05, 4.69) is 5.32 Å². The molecule has 1 aliphatic rings. The van der Waals surface area contributed by atoms with Gasteiger partial charge in [-0.15, -0.1) is 0 Å². The zero-order chi connectivity index (χ0) is 23.7. The highest BCUT2D eigenvalue weighted by molar-refractivity contribution is 6.34. The summed E-state index contributed by atoms with van der Waals surface area (Å²) in [5.74, 6) is -0.880. The summed E-state index contributed by atoms with van der Waals surface area (Å²) in [5.41, 5.74) is 2.66. The summed E-state index contributed by atoms with van der Waals surface area (Å²) in [4.78, 5) is 40.3. The van der Waals surface area contributed by atoms with E-state index in [9.17, 15) is 14.4 Å². The van der Waals surface area contributed by atoms with Crippen LogP contribution < -0.4 is 10.2 Å². The third kappa shape index (κ3) is 3.48. The Morgan fingerprint density at radius 2 is 1.09 bits per heavy atom. The number of carbonyl (C=O) groups is 3. The van der Waals surface area contributed by atoms with Crippen LogP contribution in [0.25, 0.3) is 0 Å². The van der Waals surface area contributed by atoms with Crippen LogP contribution in [0.5, 0.6) is 0 Å². The third-order valence-electron chi connectivity index (χ3n) is 6.33. The van der Waals surface area contributed by atoms with Crippen molar-refractivity contribution in [3.05, 3.63) is 131 Å². The van der Waals surface area contributed by atoms with Gasteiger partial charge in [0.15, 0.2) is 0 Å². The Bertz CT molecular complexity index is 1310. The van der Waals surface area contributed by atoms with Crippen LogP contribution in [-0.4, -0.2) is 17.7 Å². The van der Waals surface area contributed by atoms with E-state index in [0.29, 0.717) is 22.5 Å². The summed E-state index contributed by atoms with van der Waals surface area (Å²) in [5, 5.41) is 3.01. The van der Waals surface area contributed by atoms with Gasteiger partial charge >= 0.3 is 0 Å². The van der Waals surface area contributed by atoms with Crippen LogP contribution in [0.1, 0.15) is 38.8 Å². The maximum atomic E-state index is 13.6. The first-order valence-corrected chi connectivity index (χ1v) is 11.0. The molecular weight excluding hydrogens is 424 g/mol. The fourth-order valence-corrected chi connectivity index (χ4v) is 4.35. The number of nitrogens with zero attached hydrogens (tertiary/aromatic N) is 1. The number of fused-ring (bicyclic) bond motifs is 1. The third-order valence-corrected chi connectivity index (χ3v) is 6.33. The van der Waals surface area contributed by atoms with Crippen molar-refractivity contribution in [1.82, 2.24) is 0 Å². The van der Waals surface area contributed by atoms with Gasteiger partial charge in [0, 0.05) is 5.69 Å². The van der Waals surface area contributed by atoms with E-state index < -0.39 is 5.41 Å². The fraction of sp³-hybridized carbons (Fsp3) is 0.0690. The minimum Gasteiger partial charge on any atom is -0.325 e. The largest absolute Gasteiger partial charge is 0.325 e. The number of amides is 3. The molecule has 4 aromatic carbocycles. The number of anilines is 2. The minimum absolute atomic E-state index is 0.182. The number of benzene rings is 4. The molecule has 5 heteroatoms. The highest BCUT2D eigenvalue weighted by Crippen LogP contribution is 2.34. The number of imide groups is 1. The molecule has 1 aliphatic heterocycles. The predicted octanol–water partition coefficient (Wildman–Crippen LogP) is 5.43. The number of hydrogen-bond donors (Lipinski definition) is 1. The molecule has 0 aliphatic carbocycles. The van der Waals surface area contributed by atoms with Crippen molar-refractivity contribution < 1.29 is 14.4 Å². The minimum atomic E-state index is -0.913. The van der Waals surface area contributed by atoms with Crippen molar-refractivity contribution in [1.29, 1.82) is 0 Å². The molecule has 166 valence electrons. The monoisotopic (exact) mass is 446 g/mol. The molecule has 5 nitrogen and oxygen atoms in total. The number of hydrogen-bond acceptors (Lipinski definition) is 3. The van der Waals surface area contributed by atoms with E-state index in [0.717, 1.165) is 16.0 Å². The van der Waals surface area contributed by atoms with Crippen molar-refractivity contribution in [3.8, 4) is 0 Å². The predicted molar refractivity (Wildman–Crippen MR) is 132 cm³/mol. The first kappa shape index (κ1) is 21.3. The molecule has 0 fully saturated rings. The summed E-state index contributed by atoms with van der Waals surface area (Å²) in [6, 6.07) is 32.8. The van der Waals surface area contributed by atoms with Crippen LogP contribution >= 0.6 is 0 Å². The lowest BCUT2D eigenvalue weighted by molar-refractivity contribution is -0.119. The maximum Gasteiger partial charge on any atom is 0.266 e. The van der Waals surface area contributed by atoms with Crippen LogP contribution in [0, 0.1) is 0 Å². The summed E-state index contributed by atoms with van der Waals surface area (Å²) in [7, 11) is 0. The van der Waals surface area contributed by atoms with Crippen molar-refractivity contribution in [2.45, 2.75) is 12.3 Å². The molecule has 0 saturated heterocycles. The average Bonchev–Trinajstić information content (AvgIpc) is 3.15. The highest BCUT2D eigenvalue weighted by Gasteiger charge is 2.38. The van der Waals surface area contributed by atoms with Gasteiger partial charge in [0.05, 0.1) is 22.2 Å². The van der Waals surface area contributed by atoms with Crippen molar-refractivity contribution >= 4 is 29.1 Å². The summed E-state index contributed by atoms with van der Waals surface area (Å²) in [6.07, 6.45) is 0. The Hall–Kier alpha value is -4.51. The molecule has 34 heavy (non-hydrogen) atoms. The molecule has 0 saturated carbocycles. The van der Waals surface area contributed by atoms with E-state index in [1.165, 1.54) is 0 Å². The van der Waals surface area contributed by atoms with Gasteiger partial charge in [0.25, 0.3) is 11.8 Å².